The number of ether oxygens (including phenoxy) is 3. The molecular formula is C22H19F3N2O4. The van der Waals surface area contributed by atoms with E-state index in [1.54, 1.807) is 25.4 Å². The van der Waals surface area contributed by atoms with Crippen molar-refractivity contribution in [3.63, 3.8) is 0 Å². The van der Waals surface area contributed by atoms with Crippen molar-refractivity contribution in [3.8, 4) is 17.2 Å². The second kappa shape index (κ2) is 9.84. The predicted octanol–water partition coefficient (Wildman–Crippen LogP) is 5.21. The van der Waals surface area contributed by atoms with Gasteiger partial charge in [0.1, 0.15) is 12.4 Å². The van der Waals surface area contributed by atoms with E-state index < -0.39 is 18.0 Å². The Kier molecular flexibility index (Phi) is 6.96. The molecule has 1 aromatic heterocycles. The fourth-order valence-electron chi connectivity index (χ4n) is 2.65. The van der Waals surface area contributed by atoms with E-state index in [0.717, 1.165) is 17.7 Å². The van der Waals surface area contributed by atoms with Crippen molar-refractivity contribution in [2.45, 2.75) is 19.9 Å². The molecule has 0 saturated carbocycles. The van der Waals surface area contributed by atoms with Crippen molar-refractivity contribution in [1.82, 2.24) is 4.98 Å². The van der Waals surface area contributed by atoms with Crippen molar-refractivity contribution in [1.29, 1.82) is 0 Å². The molecule has 9 heteroatoms. The van der Waals surface area contributed by atoms with Crippen molar-refractivity contribution >= 4 is 11.6 Å². The van der Waals surface area contributed by atoms with Gasteiger partial charge in [0.25, 0.3) is 5.91 Å². The lowest BCUT2D eigenvalue weighted by Crippen LogP contribution is -2.17. The number of benzene rings is 2. The third kappa shape index (κ3) is 6.63. The number of carbonyl (C=O) groups is 1. The normalized spacial score (nSPS) is 11.0. The molecule has 0 aliphatic carbocycles. The van der Waals surface area contributed by atoms with Gasteiger partial charge in [0.15, 0.2) is 11.5 Å². The zero-order chi connectivity index (χ0) is 22.3. The smallest absolute Gasteiger partial charge is 0.490 e. The minimum Gasteiger partial charge on any atom is -0.490 e. The van der Waals surface area contributed by atoms with Crippen LogP contribution in [0.5, 0.6) is 17.2 Å². The van der Waals surface area contributed by atoms with Crippen LogP contribution in [0.15, 0.2) is 67.0 Å². The monoisotopic (exact) mass is 432 g/mol. The van der Waals surface area contributed by atoms with Crippen LogP contribution in [0.1, 0.15) is 22.8 Å². The van der Waals surface area contributed by atoms with Gasteiger partial charge >= 0.3 is 6.36 Å². The number of halogens is 3. The standard InChI is InChI=1S/C22H19F3N2O4/c1-2-29-20-12-16(6-7-19(20)30-14-15-8-10-26-11-9-15)21(28)27-17-4-3-5-18(13-17)31-22(23,24)25/h3-13H,2,14H2,1H3,(H,27,28). The first-order chi connectivity index (χ1) is 14.8. The van der Waals surface area contributed by atoms with Crippen LogP contribution in [0.3, 0.4) is 0 Å². The van der Waals surface area contributed by atoms with Gasteiger partial charge in [-0.05, 0) is 55.0 Å². The highest BCUT2D eigenvalue weighted by molar-refractivity contribution is 6.04. The molecule has 0 fully saturated rings. The van der Waals surface area contributed by atoms with Gasteiger partial charge < -0.3 is 19.5 Å². The first-order valence-electron chi connectivity index (χ1n) is 9.30. The van der Waals surface area contributed by atoms with Crippen molar-refractivity contribution < 1.29 is 32.2 Å². The lowest BCUT2D eigenvalue weighted by molar-refractivity contribution is -0.274. The molecular weight excluding hydrogens is 413 g/mol. The van der Waals surface area contributed by atoms with Crippen LogP contribution < -0.4 is 19.5 Å². The Balaban J connectivity index is 1.72. The third-order valence-electron chi connectivity index (χ3n) is 3.97. The zero-order valence-corrected chi connectivity index (χ0v) is 16.5. The van der Waals surface area contributed by atoms with Gasteiger partial charge in [0.2, 0.25) is 0 Å². The van der Waals surface area contributed by atoms with Crippen LogP contribution in [0.25, 0.3) is 0 Å². The van der Waals surface area contributed by atoms with Gasteiger partial charge in [-0.1, -0.05) is 6.07 Å². The summed E-state index contributed by atoms with van der Waals surface area (Å²) < 4.78 is 52.4. The summed E-state index contributed by atoms with van der Waals surface area (Å²) >= 11 is 0. The Morgan fingerprint density at radius 2 is 1.77 bits per heavy atom. The number of hydrogen-bond donors (Lipinski definition) is 1. The first-order valence-corrected chi connectivity index (χ1v) is 9.30. The molecule has 0 unspecified atom stereocenters. The van der Waals surface area contributed by atoms with Gasteiger partial charge in [-0.25, -0.2) is 0 Å². The number of aromatic nitrogens is 1. The van der Waals surface area contributed by atoms with E-state index in [0.29, 0.717) is 24.7 Å². The number of anilines is 1. The topological polar surface area (TPSA) is 69.7 Å². The number of nitrogens with zero attached hydrogens (tertiary/aromatic N) is 1. The summed E-state index contributed by atoms with van der Waals surface area (Å²) in [7, 11) is 0. The summed E-state index contributed by atoms with van der Waals surface area (Å²) in [5.41, 5.74) is 1.32. The van der Waals surface area contributed by atoms with Crippen LogP contribution in [0.4, 0.5) is 18.9 Å². The Morgan fingerprint density at radius 3 is 2.48 bits per heavy atom. The van der Waals surface area contributed by atoms with Gasteiger partial charge in [0, 0.05) is 29.7 Å². The molecule has 0 atom stereocenters. The average Bonchev–Trinajstić information content (AvgIpc) is 2.73. The molecule has 0 aliphatic heterocycles. The van der Waals surface area contributed by atoms with Gasteiger partial charge in [0.05, 0.1) is 6.61 Å². The molecule has 0 radical (unpaired) electrons. The highest BCUT2D eigenvalue weighted by atomic mass is 19.4. The molecule has 0 saturated heterocycles. The second-order valence-corrected chi connectivity index (χ2v) is 6.27. The number of alkyl halides is 3. The lowest BCUT2D eigenvalue weighted by Gasteiger charge is -2.14. The number of nitrogens with one attached hydrogen (secondary N) is 1. The summed E-state index contributed by atoms with van der Waals surface area (Å²) in [5, 5.41) is 2.54. The van der Waals surface area contributed by atoms with E-state index in [9.17, 15) is 18.0 Å². The molecule has 1 amide bonds. The van der Waals surface area contributed by atoms with Crippen LogP contribution in [0.2, 0.25) is 0 Å². The van der Waals surface area contributed by atoms with Gasteiger partial charge in [-0.15, -0.1) is 13.2 Å². The van der Waals surface area contributed by atoms with Crippen molar-refractivity contribution in [3.05, 3.63) is 78.1 Å². The Bertz CT molecular complexity index is 1030. The van der Waals surface area contributed by atoms with Crippen LogP contribution >= 0.6 is 0 Å². The zero-order valence-electron chi connectivity index (χ0n) is 16.5. The van der Waals surface area contributed by atoms with E-state index in [1.165, 1.54) is 24.3 Å². The van der Waals surface area contributed by atoms with E-state index in [2.05, 4.69) is 15.0 Å². The highest BCUT2D eigenvalue weighted by Gasteiger charge is 2.31. The second-order valence-electron chi connectivity index (χ2n) is 6.27. The fourth-order valence-corrected chi connectivity index (χ4v) is 2.65. The minimum absolute atomic E-state index is 0.155. The molecule has 2 aromatic carbocycles. The Labute approximate surface area is 176 Å². The number of hydrogen-bond acceptors (Lipinski definition) is 5. The minimum atomic E-state index is -4.82. The summed E-state index contributed by atoms with van der Waals surface area (Å²) in [4.78, 5) is 16.5. The third-order valence-corrected chi connectivity index (χ3v) is 3.97. The fraction of sp³-hybridized carbons (Fsp3) is 0.182. The number of pyridine rings is 1. The largest absolute Gasteiger partial charge is 0.573 e. The SMILES string of the molecule is CCOc1cc(C(=O)Nc2cccc(OC(F)(F)F)c2)ccc1OCc1ccncc1. The molecule has 162 valence electrons. The number of amides is 1. The molecule has 31 heavy (non-hydrogen) atoms. The summed E-state index contributed by atoms with van der Waals surface area (Å²) in [6.45, 7) is 2.44. The van der Waals surface area contributed by atoms with Crippen LogP contribution in [-0.2, 0) is 6.61 Å². The maximum absolute atomic E-state index is 12.6. The first kappa shape index (κ1) is 21.9. The summed E-state index contributed by atoms with van der Waals surface area (Å²) in [6.07, 6.45) is -1.50. The molecule has 6 nitrogen and oxygen atoms in total. The van der Waals surface area contributed by atoms with Gasteiger partial charge in [-0.2, -0.15) is 0 Å². The van der Waals surface area contributed by atoms with Crippen molar-refractivity contribution in [2.24, 2.45) is 0 Å². The summed E-state index contributed by atoms with van der Waals surface area (Å²) in [6, 6.07) is 13.3. The average molecular weight is 432 g/mol. The quantitative estimate of drug-likeness (QED) is 0.529. The maximum Gasteiger partial charge on any atom is 0.573 e. The number of rotatable bonds is 8. The molecule has 3 rings (SSSR count). The Morgan fingerprint density at radius 1 is 1.00 bits per heavy atom. The van der Waals surface area contributed by atoms with Crippen LogP contribution in [0, 0.1) is 0 Å². The lowest BCUT2D eigenvalue weighted by atomic mass is 10.1. The maximum atomic E-state index is 12.6. The van der Waals surface area contributed by atoms with E-state index in [4.69, 9.17) is 9.47 Å². The Hall–Kier alpha value is -3.75. The number of carbonyl (C=O) groups excluding carboxylic acids is 1. The van der Waals surface area contributed by atoms with E-state index in [1.807, 2.05) is 12.1 Å². The molecule has 1 heterocycles. The van der Waals surface area contributed by atoms with Gasteiger partial charge in [-0.3, -0.25) is 9.78 Å². The highest BCUT2D eigenvalue weighted by Crippen LogP contribution is 2.30. The molecule has 1 N–H and O–H groups in total. The molecule has 0 aliphatic rings. The summed E-state index contributed by atoms with van der Waals surface area (Å²) in [5.74, 6) is -0.125. The van der Waals surface area contributed by atoms with Crippen molar-refractivity contribution in [2.75, 3.05) is 11.9 Å². The van der Waals surface area contributed by atoms with E-state index in [-0.39, 0.29) is 11.3 Å². The molecule has 3 aromatic rings. The van der Waals surface area contributed by atoms with Crippen LogP contribution in [-0.4, -0.2) is 23.9 Å². The molecule has 0 spiro atoms. The van der Waals surface area contributed by atoms with E-state index >= 15 is 0 Å². The predicted molar refractivity (Wildman–Crippen MR) is 107 cm³/mol. The molecule has 0 bridgehead atoms.